The molecule has 0 amide bonds. The monoisotopic (exact) mass is 412 g/mol. The van der Waals surface area contributed by atoms with Gasteiger partial charge in [-0.1, -0.05) is 0 Å². The van der Waals surface area contributed by atoms with Gasteiger partial charge in [-0.2, -0.15) is 9.40 Å². The van der Waals surface area contributed by atoms with Gasteiger partial charge in [-0.05, 0) is 73.6 Å². The van der Waals surface area contributed by atoms with Gasteiger partial charge in [-0.15, -0.1) is 0 Å². The molecule has 152 valence electrons. The summed E-state index contributed by atoms with van der Waals surface area (Å²) in [5, 5.41) is 4.42. The van der Waals surface area contributed by atoms with Crippen molar-refractivity contribution < 1.29 is 13.2 Å². The second kappa shape index (κ2) is 6.81. The fraction of sp³-hybridized carbons (Fsp3) is 0.429. The fourth-order valence-corrected chi connectivity index (χ4v) is 5.98. The molecule has 29 heavy (non-hydrogen) atoms. The number of benzene rings is 1. The van der Waals surface area contributed by atoms with Crippen LogP contribution in [0.2, 0.25) is 0 Å². The zero-order valence-electron chi connectivity index (χ0n) is 16.6. The number of piperidine rings is 1. The molecular weight excluding hydrogens is 388 g/mol. The topological polar surface area (TPSA) is 76.8 Å². The molecule has 0 spiro atoms. The van der Waals surface area contributed by atoms with Crippen molar-refractivity contribution in [1.82, 2.24) is 18.9 Å². The molecular formula is C21H24N4O3S. The lowest BCUT2D eigenvalue weighted by atomic mass is 9.89. The highest BCUT2D eigenvalue weighted by atomic mass is 32.2. The van der Waals surface area contributed by atoms with Crippen LogP contribution in [0.5, 0.6) is 5.75 Å². The summed E-state index contributed by atoms with van der Waals surface area (Å²) in [6, 6.07) is 7.28. The van der Waals surface area contributed by atoms with Crippen molar-refractivity contribution in [2.75, 3.05) is 19.7 Å². The molecule has 0 N–H and O–H groups in total. The number of aromatic nitrogens is 3. The van der Waals surface area contributed by atoms with E-state index in [0.717, 1.165) is 42.0 Å². The summed E-state index contributed by atoms with van der Waals surface area (Å²) in [6.45, 7) is 5.65. The van der Waals surface area contributed by atoms with Crippen molar-refractivity contribution >= 4 is 15.7 Å². The zero-order valence-corrected chi connectivity index (χ0v) is 17.4. The first-order chi connectivity index (χ1) is 13.9. The molecule has 2 aliphatic heterocycles. The summed E-state index contributed by atoms with van der Waals surface area (Å²) in [6.07, 6.45) is 4.42. The third kappa shape index (κ3) is 3.20. The van der Waals surface area contributed by atoms with Crippen LogP contribution in [0.4, 0.5) is 0 Å². The summed E-state index contributed by atoms with van der Waals surface area (Å²) >= 11 is 0. The Kier molecular flexibility index (Phi) is 4.36. The number of rotatable bonds is 3. The van der Waals surface area contributed by atoms with Crippen LogP contribution in [0.25, 0.3) is 5.65 Å². The van der Waals surface area contributed by atoms with Gasteiger partial charge in [0.05, 0.1) is 11.5 Å². The predicted molar refractivity (Wildman–Crippen MR) is 109 cm³/mol. The number of aryl methyl sites for hydroxylation is 2. The van der Waals surface area contributed by atoms with E-state index in [0.29, 0.717) is 30.5 Å². The van der Waals surface area contributed by atoms with Gasteiger partial charge >= 0.3 is 0 Å². The Labute approximate surface area is 170 Å². The van der Waals surface area contributed by atoms with Crippen LogP contribution >= 0.6 is 0 Å². The van der Waals surface area contributed by atoms with Crippen molar-refractivity contribution in [2.45, 2.75) is 43.9 Å². The molecule has 0 aliphatic carbocycles. The maximum absolute atomic E-state index is 13.1. The maximum Gasteiger partial charge on any atom is 0.243 e. The van der Waals surface area contributed by atoms with Gasteiger partial charge in [0, 0.05) is 25.7 Å². The van der Waals surface area contributed by atoms with Crippen LogP contribution in [-0.2, 0) is 16.4 Å². The Bertz CT molecular complexity index is 1190. The van der Waals surface area contributed by atoms with Gasteiger partial charge in [-0.25, -0.2) is 17.9 Å². The van der Waals surface area contributed by atoms with E-state index in [1.54, 1.807) is 22.5 Å². The molecule has 4 heterocycles. The molecule has 1 aromatic carbocycles. The van der Waals surface area contributed by atoms with Gasteiger partial charge in [0.2, 0.25) is 10.0 Å². The Hall–Kier alpha value is -2.45. The van der Waals surface area contributed by atoms with E-state index in [1.165, 1.54) is 11.1 Å². The number of hydrogen-bond acceptors (Lipinski definition) is 5. The lowest BCUT2D eigenvalue weighted by Crippen LogP contribution is -2.38. The van der Waals surface area contributed by atoms with E-state index >= 15 is 0 Å². The largest absolute Gasteiger partial charge is 0.493 e. The summed E-state index contributed by atoms with van der Waals surface area (Å²) in [5.41, 5.74) is 4.25. The third-order valence-corrected chi connectivity index (χ3v) is 7.91. The Balaban J connectivity index is 1.35. The SMILES string of the molecule is Cc1nc2cc(C)c(C3CCN(S(=O)(=O)c4ccc5c(c4)CCO5)CC3)cn2n1. The average Bonchev–Trinajstić information content (AvgIpc) is 3.32. The summed E-state index contributed by atoms with van der Waals surface area (Å²) < 4.78 is 35.2. The van der Waals surface area contributed by atoms with E-state index in [9.17, 15) is 8.42 Å². The maximum atomic E-state index is 13.1. The minimum absolute atomic E-state index is 0.323. The summed E-state index contributed by atoms with van der Waals surface area (Å²) in [4.78, 5) is 4.79. The molecule has 2 aromatic heterocycles. The quantitative estimate of drug-likeness (QED) is 0.661. The first-order valence-electron chi connectivity index (χ1n) is 10.0. The predicted octanol–water partition coefficient (Wildman–Crippen LogP) is 2.85. The highest BCUT2D eigenvalue weighted by Gasteiger charge is 2.31. The highest BCUT2D eigenvalue weighted by Crippen LogP contribution is 2.34. The number of pyridine rings is 1. The van der Waals surface area contributed by atoms with Crippen molar-refractivity contribution in [1.29, 1.82) is 0 Å². The second-order valence-electron chi connectivity index (χ2n) is 7.92. The van der Waals surface area contributed by atoms with E-state index in [-0.39, 0.29) is 0 Å². The average molecular weight is 413 g/mol. The first kappa shape index (κ1) is 18.6. The van der Waals surface area contributed by atoms with E-state index in [2.05, 4.69) is 29.3 Å². The van der Waals surface area contributed by atoms with Crippen molar-refractivity contribution in [3.05, 3.63) is 53.0 Å². The van der Waals surface area contributed by atoms with Crippen LogP contribution in [0.1, 0.15) is 41.3 Å². The standard InChI is InChI=1S/C21H24N4O3S/c1-14-11-21-22-15(2)23-25(21)13-19(14)16-5-8-24(9-6-16)29(26,27)18-3-4-20-17(12-18)7-10-28-20/h3-4,11-13,16H,5-10H2,1-2H3. The molecule has 0 saturated carbocycles. The van der Waals surface area contributed by atoms with E-state index in [1.807, 2.05) is 11.4 Å². The molecule has 0 bridgehead atoms. The minimum Gasteiger partial charge on any atom is -0.493 e. The number of fused-ring (bicyclic) bond motifs is 2. The molecule has 0 unspecified atom stereocenters. The Morgan fingerprint density at radius 1 is 1.14 bits per heavy atom. The molecule has 0 atom stereocenters. The molecule has 8 heteroatoms. The molecule has 0 radical (unpaired) electrons. The molecule has 3 aromatic rings. The van der Waals surface area contributed by atoms with Crippen LogP contribution < -0.4 is 4.74 Å². The van der Waals surface area contributed by atoms with Crippen molar-refractivity contribution in [2.24, 2.45) is 0 Å². The molecule has 5 rings (SSSR count). The van der Waals surface area contributed by atoms with Gasteiger partial charge in [0.15, 0.2) is 5.65 Å². The second-order valence-corrected chi connectivity index (χ2v) is 9.86. The number of hydrogen-bond donors (Lipinski definition) is 0. The Morgan fingerprint density at radius 2 is 1.93 bits per heavy atom. The lowest BCUT2D eigenvalue weighted by molar-refractivity contribution is 0.318. The fourth-order valence-electron chi connectivity index (χ4n) is 4.46. The number of ether oxygens (including phenoxy) is 1. The van der Waals surface area contributed by atoms with Crippen LogP contribution in [0, 0.1) is 13.8 Å². The van der Waals surface area contributed by atoms with Gasteiger partial charge in [-0.3, -0.25) is 0 Å². The normalized spacial score (nSPS) is 18.1. The van der Waals surface area contributed by atoms with Crippen molar-refractivity contribution in [3.8, 4) is 5.75 Å². The van der Waals surface area contributed by atoms with Gasteiger partial charge in [0.1, 0.15) is 11.6 Å². The lowest BCUT2D eigenvalue weighted by Gasteiger charge is -2.32. The van der Waals surface area contributed by atoms with Crippen LogP contribution in [0.3, 0.4) is 0 Å². The Morgan fingerprint density at radius 3 is 2.72 bits per heavy atom. The van der Waals surface area contributed by atoms with E-state index in [4.69, 9.17) is 4.74 Å². The third-order valence-electron chi connectivity index (χ3n) is 6.02. The van der Waals surface area contributed by atoms with Gasteiger partial charge < -0.3 is 4.74 Å². The van der Waals surface area contributed by atoms with Crippen LogP contribution in [0.15, 0.2) is 35.4 Å². The highest BCUT2D eigenvalue weighted by molar-refractivity contribution is 7.89. The number of nitrogens with zero attached hydrogens (tertiary/aromatic N) is 4. The minimum atomic E-state index is -3.48. The molecule has 1 saturated heterocycles. The number of sulfonamides is 1. The van der Waals surface area contributed by atoms with Gasteiger partial charge in [0.25, 0.3) is 0 Å². The molecule has 2 aliphatic rings. The summed E-state index contributed by atoms with van der Waals surface area (Å²) in [5.74, 6) is 1.88. The van der Waals surface area contributed by atoms with Crippen LogP contribution in [-0.4, -0.2) is 47.0 Å². The smallest absolute Gasteiger partial charge is 0.243 e. The molecule has 7 nitrogen and oxygen atoms in total. The van der Waals surface area contributed by atoms with E-state index < -0.39 is 10.0 Å². The van der Waals surface area contributed by atoms with Crippen molar-refractivity contribution in [3.63, 3.8) is 0 Å². The first-order valence-corrected chi connectivity index (χ1v) is 11.5. The zero-order chi connectivity index (χ0) is 20.2. The summed E-state index contributed by atoms with van der Waals surface area (Å²) in [7, 11) is -3.48. The molecule has 1 fully saturated rings.